The Morgan fingerprint density at radius 2 is 0.818 bits per heavy atom. The molecule has 0 amide bonds. The maximum atomic E-state index is 10.8. The van der Waals surface area contributed by atoms with E-state index in [2.05, 4.69) is 0 Å². The summed E-state index contributed by atoms with van der Waals surface area (Å²) in [5, 5.41) is 0. The summed E-state index contributed by atoms with van der Waals surface area (Å²) in [5.41, 5.74) is 3.94. The molecule has 0 aliphatic rings. The lowest BCUT2D eigenvalue weighted by Gasteiger charge is -1.94. The largest absolute Gasteiger partial charge is 0.295 e. The van der Waals surface area contributed by atoms with E-state index in [9.17, 15) is 9.59 Å². The quantitative estimate of drug-likeness (QED) is 0.693. The minimum atomic E-state index is 0.125. The van der Waals surface area contributed by atoms with Crippen LogP contribution in [0.15, 0.2) is 48.5 Å². The van der Waals surface area contributed by atoms with Crippen molar-refractivity contribution in [1.29, 1.82) is 0 Å². The number of benzene rings is 2. The molecule has 2 aromatic rings. The van der Waals surface area contributed by atoms with Gasteiger partial charge >= 0.3 is 0 Å². The molecule has 0 radical (unpaired) electrons. The molecule has 2 aromatic carbocycles. The van der Waals surface area contributed by atoms with Crippen molar-refractivity contribution in [1.82, 2.24) is 0 Å². The summed E-state index contributed by atoms with van der Waals surface area (Å²) in [6.45, 7) is 11.2. The number of Topliss-reactive ketones (excluding diaryl/α,β-unsaturated/α-hetero) is 2. The van der Waals surface area contributed by atoms with Crippen LogP contribution in [0.1, 0.15) is 59.5 Å². The predicted octanol–water partition coefficient (Wildman–Crippen LogP) is 5.42. The van der Waals surface area contributed by atoms with E-state index in [4.69, 9.17) is 0 Å². The molecule has 0 spiro atoms. The first-order valence-electron chi connectivity index (χ1n) is 7.55. The fourth-order valence-corrected chi connectivity index (χ4v) is 1.58. The number of hydrogen-bond acceptors (Lipinski definition) is 2. The normalized spacial score (nSPS) is 8.82. The second kappa shape index (κ2) is 10.5. The molecular formula is C20H26O2. The van der Waals surface area contributed by atoms with E-state index in [1.54, 1.807) is 13.8 Å². The molecule has 22 heavy (non-hydrogen) atoms. The van der Waals surface area contributed by atoms with Crippen LogP contribution >= 0.6 is 0 Å². The average Bonchev–Trinajstić information content (AvgIpc) is 2.51. The van der Waals surface area contributed by atoms with Gasteiger partial charge in [0.15, 0.2) is 11.6 Å². The van der Waals surface area contributed by atoms with Crippen LogP contribution in [0.25, 0.3) is 0 Å². The highest BCUT2D eigenvalue weighted by Crippen LogP contribution is 2.03. The minimum Gasteiger partial charge on any atom is -0.295 e. The Balaban J connectivity index is 0.000000360. The SMILES string of the molecule is CC.CC(=O)c1ccc(C)cc1.CC(=O)c1ccc(C)cc1. The van der Waals surface area contributed by atoms with E-state index in [0.717, 1.165) is 11.1 Å². The summed E-state index contributed by atoms with van der Waals surface area (Å²) < 4.78 is 0. The summed E-state index contributed by atoms with van der Waals surface area (Å²) in [6.07, 6.45) is 0. The highest BCUT2D eigenvalue weighted by molar-refractivity contribution is 5.94. The Kier molecular flexibility index (Phi) is 9.44. The van der Waals surface area contributed by atoms with E-state index in [1.807, 2.05) is 76.2 Å². The zero-order valence-corrected chi connectivity index (χ0v) is 14.4. The Morgan fingerprint density at radius 1 is 0.591 bits per heavy atom. The molecule has 2 heteroatoms. The third-order valence-corrected chi connectivity index (χ3v) is 2.92. The molecule has 0 atom stereocenters. The monoisotopic (exact) mass is 298 g/mol. The number of carbonyl (C=O) groups excluding carboxylic acids is 2. The standard InChI is InChI=1S/2C9H10O.C2H6/c2*1-7-3-5-9(6-4-7)8(2)10;1-2/h2*3-6H,1-2H3;1-2H3. The molecule has 2 rings (SSSR count). The first kappa shape index (κ1) is 19.8. The number of rotatable bonds is 2. The van der Waals surface area contributed by atoms with Crippen LogP contribution in [-0.4, -0.2) is 11.6 Å². The van der Waals surface area contributed by atoms with Crippen molar-refractivity contribution in [3.63, 3.8) is 0 Å². The van der Waals surface area contributed by atoms with Gasteiger partial charge in [-0.1, -0.05) is 73.5 Å². The molecule has 0 fully saturated rings. The zero-order chi connectivity index (χ0) is 17.1. The van der Waals surface area contributed by atoms with E-state index >= 15 is 0 Å². The summed E-state index contributed by atoms with van der Waals surface area (Å²) in [5.74, 6) is 0.250. The van der Waals surface area contributed by atoms with Crippen molar-refractivity contribution in [2.75, 3.05) is 0 Å². The molecule has 0 aliphatic heterocycles. The predicted molar refractivity (Wildman–Crippen MR) is 93.7 cm³/mol. The smallest absolute Gasteiger partial charge is 0.159 e. The average molecular weight is 298 g/mol. The Morgan fingerprint density at radius 3 is 1.00 bits per heavy atom. The van der Waals surface area contributed by atoms with Crippen LogP contribution < -0.4 is 0 Å². The molecule has 0 N–H and O–H groups in total. The molecule has 0 saturated carbocycles. The summed E-state index contributed by atoms with van der Waals surface area (Å²) in [6, 6.07) is 15.1. The van der Waals surface area contributed by atoms with Gasteiger partial charge in [0.05, 0.1) is 0 Å². The Labute approximate surface area is 134 Å². The van der Waals surface area contributed by atoms with Gasteiger partial charge in [0.2, 0.25) is 0 Å². The van der Waals surface area contributed by atoms with Crippen LogP contribution in [0.3, 0.4) is 0 Å². The number of carbonyl (C=O) groups is 2. The van der Waals surface area contributed by atoms with Crippen molar-refractivity contribution < 1.29 is 9.59 Å². The highest BCUT2D eigenvalue weighted by atomic mass is 16.1. The van der Waals surface area contributed by atoms with E-state index in [1.165, 1.54) is 11.1 Å². The van der Waals surface area contributed by atoms with Gasteiger partial charge in [-0.05, 0) is 27.7 Å². The van der Waals surface area contributed by atoms with Crippen molar-refractivity contribution in [2.45, 2.75) is 41.5 Å². The van der Waals surface area contributed by atoms with Gasteiger partial charge in [-0.25, -0.2) is 0 Å². The zero-order valence-electron chi connectivity index (χ0n) is 14.4. The topological polar surface area (TPSA) is 34.1 Å². The van der Waals surface area contributed by atoms with Gasteiger partial charge < -0.3 is 0 Å². The first-order valence-corrected chi connectivity index (χ1v) is 7.55. The highest BCUT2D eigenvalue weighted by Gasteiger charge is 1.95. The number of ketones is 2. The summed E-state index contributed by atoms with van der Waals surface area (Å²) >= 11 is 0. The van der Waals surface area contributed by atoms with Gasteiger partial charge in [0.1, 0.15) is 0 Å². The van der Waals surface area contributed by atoms with E-state index in [-0.39, 0.29) is 11.6 Å². The Bertz CT molecular complexity index is 523. The lowest BCUT2D eigenvalue weighted by molar-refractivity contribution is 0.100. The fourth-order valence-electron chi connectivity index (χ4n) is 1.58. The van der Waals surface area contributed by atoms with Crippen molar-refractivity contribution in [3.8, 4) is 0 Å². The second-order valence-electron chi connectivity index (χ2n) is 4.84. The second-order valence-corrected chi connectivity index (χ2v) is 4.84. The maximum Gasteiger partial charge on any atom is 0.159 e. The molecule has 2 nitrogen and oxygen atoms in total. The van der Waals surface area contributed by atoms with Crippen LogP contribution in [0.2, 0.25) is 0 Å². The van der Waals surface area contributed by atoms with Crippen LogP contribution in [-0.2, 0) is 0 Å². The molecule has 0 bridgehead atoms. The molecule has 0 saturated heterocycles. The lowest BCUT2D eigenvalue weighted by Crippen LogP contribution is -1.90. The number of aryl methyl sites for hydroxylation is 2. The van der Waals surface area contributed by atoms with Gasteiger partial charge in [-0.3, -0.25) is 9.59 Å². The lowest BCUT2D eigenvalue weighted by atomic mass is 10.1. The molecule has 0 heterocycles. The molecule has 0 unspecified atom stereocenters. The molecule has 0 aromatic heterocycles. The molecular weight excluding hydrogens is 272 g/mol. The van der Waals surface area contributed by atoms with Gasteiger partial charge in [0, 0.05) is 11.1 Å². The van der Waals surface area contributed by atoms with Gasteiger partial charge in [-0.15, -0.1) is 0 Å². The number of hydrogen-bond donors (Lipinski definition) is 0. The third-order valence-electron chi connectivity index (χ3n) is 2.92. The van der Waals surface area contributed by atoms with Gasteiger partial charge in [-0.2, -0.15) is 0 Å². The summed E-state index contributed by atoms with van der Waals surface area (Å²) in [4.78, 5) is 21.5. The summed E-state index contributed by atoms with van der Waals surface area (Å²) in [7, 11) is 0. The van der Waals surface area contributed by atoms with Crippen LogP contribution in [0.4, 0.5) is 0 Å². The first-order chi connectivity index (χ1) is 10.4. The van der Waals surface area contributed by atoms with Crippen molar-refractivity contribution >= 4 is 11.6 Å². The van der Waals surface area contributed by atoms with Gasteiger partial charge in [0.25, 0.3) is 0 Å². The fraction of sp³-hybridized carbons (Fsp3) is 0.300. The van der Waals surface area contributed by atoms with Crippen LogP contribution in [0.5, 0.6) is 0 Å². The molecule has 0 aliphatic carbocycles. The van der Waals surface area contributed by atoms with Crippen molar-refractivity contribution in [2.24, 2.45) is 0 Å². The maximum absolute atomic E-state index is 10.8. The third kappa shape index (κ3) is 7.53. The van der Waals surface area contributed by atoms with E-state index in [0.29, 0.717) is 0 Å². The van der Waals surface area contributed by atoms with Crippen LogP contribution in [0, 0.1) is 13.8 Å². The minimum absolute atomic E-state index is 0.125. The molecule has 118 valence electrons. The van der Waals surface area contributed by atoms with Crippen molar-refractivity contribution in [3.05, 3.63) is 70.8 Å². The Hall–Kier alpha value is -2.22. The van der Waals surface area contributed by atoms with E-state index < -0.39 is 0 Å².